The molecule has 10 heavy (non-hydrogen) atoms. The van der Waals surface area contributed by atoms with Crippen LogP contribution in [-0.2, 0) is 0 Å². The zero-order valence-electron chi connectivity index (χ0n) is 6.88. The Hall–Kier alpha value is -0.0400. The van der Waals surface area contributed by atoms with Crippen LogP contribution < -0.4 is 5.73 Å². The van der Waals surface area contributed by atoms with Crippen LogP contribution in [0.25, 0.3) is 0 Å². The van der Waals surface area contributed by atoms with Crippen molar-refractivity contribution in [3.8, 4) is 0 Å². The Balaban J connectivity index is 2.06. The Morgan fingerprint density at radius 2 is 1.80 bits per heavy atom. The molecule has 2 N–H and O–H groups in total. The van der Waals surface area contributed by atoms with Gasteiger partial charge in [0.2, 0.25) is 0 Å². The Morgan fingerprint density at radius 3 is 2.00 bits per heavy atom. The largest absolute Gasteiger partial charge is 0.328 e. The normalized spacial score (nSPS) is 54.3. The number of hydrogen-bond acceptors (Lipinski definition) is 1. The maximum Gasteiger partial charge on any atom is 0.00442 e. The van der Waals surface area contributed by atoms with E-state index in [2.05, 4.69) is 13.8 Å². The van der Waals surface area contributed by atoms with Crippen LogP contribution in [0.1, 0.15) is 26.7 Å². The minimum atomic E-state index is 0.452. The van der Waals surface area contributed by atoms with Crippen molar-refractivity contribution in [3.63, 3.8) is 0 Å². The quantitative estimate of drug-likeness (QED) is 0.587. The van der Waals surface area contributed by atoms with Gasteiger partial charge >= 0.3 is 0 Å². The lowest BCUT2D eigenvalue weighted by molar-refractivity contribution is 0.0476. The molecule has 3 saturated carbocycles. The van der Waals surface area contributed by atoms with Crippen LogP contribution in [0.2, 0.25) is 0 Å². The highest BCUT2D eigenvalue weighted by molar-refractivity contribution is 5.03. The second kappa shape index (κ2) is 1.97. The van der Waals surface area contributed by atoms with Gasteiger partial charge in [0.1, 0.15) is 0 Å². The third kappa shape index (κ3) is 0.619. The molecule has 3 rings (SSSR count). The molecule has 3 aliphatic rings. The second-order valence-electron chi connectivity index (χ2n) is 4.20. The van der Waals surface area contributed by atoms with Gasteiger partial charge in [0, 0.05) is 6.04 Å². The van der Waals surface area contributed by atoms with Crippen LogP contribution in [0, 0.1) is 23.7 Å². The van der Waals surface area contributed by atoms with Gasteiger partial charge in [-0.15, -0.1) is 0 Å². The van der Waals surface area contributed by atoms with Crippen LogP contribution in [-0.4, -0.2) is 6.04 Å². The maximum absolute atomic E-state index is 5.88. The van der Waals surface area contributed by atoms with Crippen molar-refractivity contribution in [1.82, 2.24) is 0 Å². The summed E-state index contributed by atoms with van der Waals surface area (Å²) < 4.78 is 0. The monoisotopic (exact) mass is 139 g/mol. The van der Waals surface area contributed by atoms with E-state index in [0.717, 1.165) is 23.7 Å². The van der Waals surface area contributed by atoms with Crippen molar-refractivity contribution in [3.05, 3.63) is 0 Å². The molecule has 1 heteroatoms. The first-order chi connectivity index (χ1) is 4.72. The molecular formula is C9H17N. The molecule has 5 atom stereocenters. The van der Waals surface area contributed by atoms with Crippen LogP contribution in [0.3, 0.4) is 0 Å². The van der Waals surface area contributed by atoms with Gasteiger partial charge in [-0.3, -0.25) is 0 Å². The van der Waals surface area contributed by atoms with Gasteiger partial charge in [-0.05, 0) is 43.4 Å². The number of nitrogens with two attached hydrogens (primary N) is 1. The molecule has 0 heterocycles. The SMILES string of the molecule is CC(N)C1C2CC[C@H]1C2C. The minimum Gasteiger partial charge on any atom is -0.328 e. The fourth-order valence-corrected chi connectivity index (χ4v) is 3.27. The lowest BCUT2D eigenvalue weighted by Crippen LogP contribution is -2.47. The summed E-state index contributed by atoms with van der Waals surface area (Å²) in [7, 11) is 0. The summed E-state index contributed by atoms with van der Waals surface area (Å²) >= 11 is 0. The molecule has 3 aliphatic carbocycles. The third-order valence-electron chi connectivity index (χ3n) is 3.78. The van der Waals surface area contributed by atoms with Crippen LogP contribution in [0.4, 0.5) is 0 Å². The summed E-state index contributed by atoms with van der Waals surface area (Å²) in [4.78, 5) is 0. The van der Waals surface area contributed by atoms with Crippen molar-refractivity contribution >= 4 is 0 Å². The van der Waals surface area contributed by atoms with E-state index in [0.29, 0.717) is 6.04 Å². The minimum absolute atomic E-state index is 0.452. The first-order valence-corrected chi connectivity index (χ1v) is 4.47. The van der Waals surface area contributed by atoms with Gasteiger partial charge in [-0.1, -0.05) is 6.92 Å². The van der Waals surface area contributed by atoms with Gasteiger partial charge in [-0.25, -0.2) is 0 Å². The molecule has 0 spiro atoms. The van der Waals surface area contributed by atoms with E-state index in [-0.39, 0.29) is 0 Å². The molecule has 0 amide bonds. The highest BCUT2D eigenvalue weighted by Crippen LogP contribution is 2.58. The zero-order valence-corrected chi connectivity index (χ0v) is 6.88. The van der Waals surface area contributed by atoms with Gasteiger partial charge in [-0.2, -0.15) is 0 Å². The van der Waals surface area contributed by atoms with E-state index in [1.54, 1.807) is 0 Å². The highest BCUT2D eigenvalue weighted by Gasteiger charge is 2.53. The molecule has 2 bridgehead atoms. The average molecular weight is 139 g/mol. The molecule has 0 aromatic carbocycles. The van der Waals surface area contributed by atoms with E-state index in [1.807, 2.05) is 0 Å². The molecular weight excluding hydrogens is 122 g/mol. The topological polar surface area (TPSA) is 26.0 Å². The van der Waals surface area contributed by atoms with E-state index < -0.39 is 0 Å². The highest BCUT2D eigenvalue weighted by atomic mass is 14.7. The first kappa shape index (κ1) is 6.66. The standard InChI is InChI=1S/C9H17N/c1-5-7-3-4-8(5)9(7)6(2)10/h5-9H,3-4,10H2,1-2H3/t5?,6?,7-,8?,9?/m0/s1. The molecule has 0 aromatic heterocycles. The summed E-state index contributed by atoms with van der Waals surface area (Å²) in [5.74, 6) is 3.86. The van der Waals surface area contributed by atoms with E-state index >= 15 is 0 Å². The van der Waals surface area contributed by atoms with Crippen LogP contribution >= 0.6 is 0 Å². The Bertz CT molecular complexity index is 130. The molecule has 1 nitrogen and oxygen atoms in total. The predicted octanol–water partition coefficient (Wildman–Crippen LogP) is 1.63. The molecule has 0 aromatic rings. The van der Waals surface area contributed by atoms with E-state index in [1.165, 1.54) is 12.8 Å². The number of hydrogen-bond donors (Lipinski definition) is 1. The Labute approximate surface area is 63.0 Å². The predicted molar refractivity (Wildman–Crippen MR) is 42.5 cm³/mol. The number of fused-ring (bicyclic) bond motifs is 1. The lowest BCUT2D eigenvalue weighted by atomic mass is 9.61. The van der Waals surface area contributed by atoms with Crippen LogP contribution in [0.5, 0.6) is 0 Å². The van der Waals surface area contributed by atoms with Crippen molar-refractivity contribution in [2.45, 2.75) is 32.7 Å². The fraction of sp³-hybridized carbons (Fsp3) is 1.00. The summed E-state index contributed by atoms with van der Waals surface area (Å²) in [5, 5.41) is 0. The van der Waals surface area contributed by atoms with Crippen molar-refractivity contribution in [1.29, 1.82) is 0 Å². The summed E-state index contributed by atoms with van der Waals surface area (Å²) in [6, 6.07) is 0.452. The van der Waals surface area contributed by atoms with Crippen molar-refractivity contribution in [2.24, 2.45) is 29.4 Å². The third-order valence-corrected chi connectivity index (χ3v) is 3.78. The molecule has 58 valence electrons. The smallest absolute Gasteiger partial charge is 0.00442 e. The Morgan fingerprint density at radius 1 is 1.30 bits per heavy atom. The maximum atomic E-state index is 5.88. The van der Waals surface area contributed by atoms with Crippen molar-refractivity contribution < 1.29 is 0 Å². The molecule has 3 fully saturated rings. The molecule has 0 radical (unpaired) electrons. The van der Waals surface area contributed by atoms with Gasteiger partial charge in [0.25, 0.3) is 0 Å². The van der Waals surface area contributed by atoms with Gasteiger partial charge < -0.3 is 5.73 Å². The molecule has 0 saturated heterocycles. The van der Waals surface area contributed by atoms with E-state index in [4.69, 9.17) is 5.73 Å². The van der Waals surface area contributed by atoms with Gasteiger partial charge in [0.05, 0.1) is 0 Å². The molecule has 0 aliphatic heterocycles. The molecule has 4 unspecified atom stereocenters. The first-order valence-electron chi connectivity index (χ1n) is 4.47. The number of rotatable bonds is 1. The Kier molecular flexibility index (Phi) is 1.31. The van der Waals surface area contributed by atoms with Crippen molar-refractivity contribution in [2.75, 3.05) is 0 Å². The lowest BCUT2D eigenvalue weighted by Gasteiger charge is -2.45. The van der Waals surface area contributed by atoms with Crippen LogP contribution in [0.15, 0.2) is 0 Å². The summed E-state index contributed by atoms with van der Waals surface area (Å²) in [5.41, 5.74) is 5.88. The summed E-state index contributed by atoms with van der Waals surface area (Å²) in [6.45, 7) is 4.56. The average Bonchev–Trinajstić information content (AvgIpc) is 2.40. The van der Waals surface area contributed by atoms with Gasteiger partial charge in [0.15, 0.2) is 0 Å². The summed E-state index contributed by atoms with van der Waals surface area (Å²) in [6.07, 6.45) is 2.91. The van der Waals surface area contributed by atoms with E-state index in [9.17, 15) is 0 Å². The fourth-order valence-electron chi connectivity index (χ4n) is 3.27. The second-order valence-corrected chi connectivity index (χ2v) is 4.20. The zero-order chi connectivity index (χ0) is 7.30.